The van der Waals surface area contributed by atoms with Crippen molar-refractivity contribution in [3.8, 4) is 0 Å². The van der Waals surface area contributed by atoms with Crippen LogP contribution < -0.4 is 10.9 Å². The fourth-order valence-electron chi connectivity index (χ4n) is 2.00. The highest BCUT2D eigenvalue weighted by molar-refractivity contribution is 5.33. The van der Waals surface area contributed by atoms with E-state index >= 15 is 0 Å². The smallest absolute Gasteiger partial charge is 0.293 e. The largest absolute Gasteiger partial charge is 0.381 e. The maximum absolute atomic E-state index is 12.0. The Morgan fingerprint density at radius 1 is 1.53 bits per heavy atom. The van der Waals surface area contributed by atoms with Crippen LogP contribution in [0.5, 0.6) is 0 Å². The van der Waals surface area contributed by atoms with Crippen LogP contribution in [-0.4, -0.2) is 28.8 Å². The molecule has 5 heteroatoms. The number of nitrogens with one attached hydrogen (secondary N) is 1. The van der Waals surface area contributed by atoms with Crippen LogP contribution in [0.2, 0.25) is 0 Å². The molecule has 0 saturated heterocycles. The van der Waals surface area contributed by atoms with E-state index in [1.165, 1.54) is 0 Å². The minimum Gasteiger partial charge on any atom is -0.381 e. The van der Waals surface area contributed by atoms with E-state index in [4.69, 9.17) is 4.74 Å². The van der Waals surface area contributed by atoms with Gasteiger partial charge >= 0.3 is 0 Å². The third-order valence-electron chi connectivity index (χ3n) is 3.19. The summed E-state index contributed by atoms with van der Waals surface area (Å²) < 4.78 is 6.88. The van der Waals surface area contributed by atoms with Crippen LogP contribution in [-0.2, 0) is 4.74 Å². The van der Waals surface area contributed by atoms with Gasteiger partial charge in [-0.25, -0.2) is 4.98 Å². The van der Waals surface area contributed by atoms with Gasteiger partial charge in [0.1, 0.15) is 0 Å². The van der Waals surface area contributed by atoms with Crippen LogP contribution in [0.4, 0.5) is 5.82 Å². The molecule has 0 amide bonds. The molecule has 0 atom stereocenters. The Hall–Kier alpha value is -1.36. The first-order chi connectivity index (χ1) is 8.11. The first kappa shape index (κ1) is 12.1. The van der Waals surface area contributed by atoms with Crippen molar-refractivity contribution < 1.29 is 4.74 Å². The Bertz CT molecular complexity index is 436. The van der Waals surface area contributed by atoms with Crippen molar-refractivity contribution in [3.63, 3.8) is 0 Å². The molecule has 94 valence electrons. The van der Waals surface area contributed by atoms with E-state index < -0.39 is 0 Å². The molecule has 1 aliphatic rings. The Kier molecular flexibility index (Phi) is 3.47. The van der Waals surface area contributed by atoms with Crippen LogP contribution in [0, 0.1) is 0 Å². The minimum absolute atomic E-state index is 0.0524. The molecule has 0 radical (unpaired) electrons. The van der Waals surface area contributed by atoms with E-state index in [0.717, 1.165) is 12.8 Å². The fraction of sp³-hybridized carbons (Fsp3) is 0.667. The van der Waals surface area contributed by atoms with Gasteiger partial charge in [0.15, 0.2) is 5.82 Å². The molecule has 17 heavy (non-hydrogen) atoms. The maximum Gasteiger partial charge on any atom is 0.293 e. The monoisotopic (exact) mass is 237 g/mol. The van der Waals surface area contributed by atoms with Crippen LogP contribution in [0.15, 0.2) is 17.2 Å². The van der Waals surface area contributed by atoms with Gasteiger partial charge in [-0.05, 0) is 26.7 Å². The first-order valence-electron chi connectivity index (χ1n) is 5.98. The number of anilines is 1. The lowest BCUT2D eigenvalue weighted by Crippen LogP contribution is -2.42. The van der Waals surface area contributed by atoms with Crippen molar-refractivity contribution in [1.82, 2.24) is 9.55 Å². The maximum atomic E-state index is 12.0. The zero-order valence-electron chi connectivity index (χ0n) is 10.5. The molecule has 0 aromatic carbocycles. The molecular formula is C12H19N3O2. The van der Waals surface area contributed by atoms with Crippen molar-refractivity contribution in [2.45, 2.75) is 44.9 Å². The van der Waals surface area contributed by atoms with Crippen molar-refractivity contribution in [2.75, 3.05) is 12.4 Å². The molecule has 1 aromatic rings. The molecule has 1 aromatic heterocycles. The van der Waals surface area contributed by atoms with Gasteiger partial charge in [-0.1, -0.05) is 0 Å². The van der Waals surface area contributed by atoms with Gasteiger partial charge in [-0.3, -0.25) is 4.79 Å². The summed E-state index contributed by atoms with van der Waals surface area (Å²) in [6.07, 6.45) is 5.58. The predicted molar refractivity (Wildman–Crippen MR) is 66.3 cm³/mol. The molecule has 1 saturated carbocycles. The third-order valence-corrected chi connectivity index (χ3v) is 3.19. The molecule has 1 fully saturated rings. The number of nitrogens with zero attached hydrogens (tertiary/aromatic N) is 2. The Morgan fingerprint density at radius 2 is 2.24 bits per heavy atom. The molecule has 0 spiro atoms. The quantitative estimate of drug-likeness (QED) is 0.860. The summed E-state index contributed by atoms with van der Waals surface area (Å²) in [5.74, 6) is 0.445. The Balaban J connectivity index is 2.07. The summed E-state index contributed by atoms with van der Waals surface area (Å²) in [7, 11) is 1.72. The highest BCUT2D eigenvalue weighted by Crippen LogP contribution is 2.24. The molecule has 0 aliphatic heterocycles. The van der Waals surface area contributed by atoms with Crippen LogP contribution in [0.1, 0.15) is 32.7 Å². The van der Waals surface area contributed by atoms with Gasteiger partial charge in [0.05, 0.1) is 6.10 Å². The van der Waals surface area contributed by atoms with Crippen LogP contribution in [0.3, 0.4) is 0 Å². The zero-order chi connectivity index (χ0) is 12.4. The molecule has 2 rings (SSSR count). The highest BCUT2D eigenvalue weighted by atomic mass is 16.5. The van der Waals surface area contributed by atoms with E-state index in [1.807, 2.05) is 13.8 Å². The lowest BCUT2D eigenvalue weighted by atomic mass is 9.89. The van der Waals surface area contributed by atoms with Crippen LogP contribution in [0.25, 0.3) is 0 Å². The number of aromatic nitrogens is 2. The third kappa shape index (κ3) is 2.49. The van der Waals surface area contributed by atoms with Gasteiger partial charge in [0, 0.05) is 31.6 Å². The minimum atomic E-state index is -0.0524. The number of hydrogen-bond acceptors (Lipinski definition) is 4. The average molecular weight is 237 g/mol. The first-order valence-corrected chi connectivity index (χ1v) is 5.98. The van der Waals surface area contributed by atoms with E-state index in [-0.39, 0.29) is 11.6 Å². The average Bonchev–Trinajstić information content (AvgIpc) is 2.24. The van der Waals surface area contributed by atoms with E-state index in [2.05, 4.69) is 10.3 Å². The normalized spacial score (nSPS) is 23.5. The van der Waals surface area contributed by atoms with E-state index in [0.29, 0.717) is 18.0 Å². The Labute approximate surface area is 101 Å². The fourth-order valence-corrected chi connectivity index (χ4v) is 2.00. The summed E-state index contributed by atoms with van der Waals surface area (Å²) in [5.41, 5.74) is -0.0524. The second kappa shape index (κ2) is 4.87. The van der Waals surface area contributed by atoms with E-state index in [1.54, 1.807) is 24.1 Å². The van der Waals surface area contributed by atoms with Crippen LogP contribution >= 0.6 is 0 Å². The standard InChI is InChI=1S/C12H19N3O2/c1-8(2)15-5-4-13-11(12(15)16)14-9-6-10(7-9)17-3/h4-5,8-10H,6-7H2,1-3H3,(H,13,14). The molecular weight excluding hydrogens is 218 g/mol. The number of methoxy groups -OCH3 is 1. The summed E-state index contributed by atoms with van der Waals surface area (Å²) in [6, 6.07) is 0.460. The topological polar surface area (TPSA) is 56.1 Å². The zero-order valence-corrected chi connectivity index (χ0v) is 10.5. The highest BCUT2D eigenvalue weighted by Gasteiger charge is 2.29. The van der Waals surface area contributed by atoms with Gasteiger partial charge in [0.25, 0.3) is 5.56 Å². The van der Waals surface area contributed by atoms with Gasteiger partial charge in [0.2, 0.25) is 0 Å². The summed E-state index contributed by atoms with van der Waals surface area (Å²) >= 11 is 0. The molecule has 1 heterocycles. The second-order valence-electron chi connectivity index (χ2n) is 4.75. The lowest BCUT2D eigenvalue weighted by Gasteiger charge is -2.34. The van der Waals surface area contributed by atoms with Gasteiger partial charge < -0.3 is 14.6 Å². The molecule has 0 bridgehead atoms. The van der Waals surface area contributed by atoms with Crippen molar-refractivity contribution in [1.29, 1.82) is 0 Å². The van der Waals surface area contributed by atoms with Gasteiger partial charge in [-0.15, -0.1) is 0 Å². The predicted octanol–water partition coefficient (Wildman–Crippen LogP) is 1.41. The molecule has 5 nitrogen and oxygen atoms in total. The lowest BCUT2D eigenvalue weighted by molar-refractivity contribution is 0.0327. The molecule has 1 N–H and O–H groups in total. The van der Waals surface area contributed by atoms with E-state index in [9.17, 15) is 4.79 Å². The van der Waals surface area contributed by atoms with Crippen molar-refractivity contribution in [3.05, 3.63) is 22.7 Å². The van der Waals surface area contributed by atoms with Gasteiger partial charge in [-0.2, -0.15) is 0 Å². The number of hydrogen-bond donors (Lipinski definition) is 1. The molecule has 0 unspecified atom stereocenters. The van der Waals surface area contributed by atoms with Crippen molar-refractivity contribution >= 4 is 5.82 Å². The second-order valence-corrected chi connectivity index (χ2v) is 4.75. The summed E-state index contributed by atoms with van der Waals surface area (Å²) in [4.78, 5) is 16.2. The SMILES string of the molecule is COC1CC(Nc2nccn(C(C)C)c2=O)C1. The summed E-state index contributed by atoms with van der Waals surface area (Å²) in [5, 5.41) is 3.18. The molecule has 1 aliphatic carbocycles. The Morgan fingerprint density at radius 3 is 2.82 bits per heavy atom. The number of ether oxygens (including phenoxy) is 1. The number of rotatable bonds is 4. The van der Waals surface area contributed by atoms with Crippen molar-refractivity contribution in [2.24, 2.45) is 0 Å². The summed E-state index contributed by atoms with van der Waals surface area (Å²) in [6.45, 7) is 3.96.